The predicted octanol–water partition coefficient (Wildman–Crippen LogP) is 3.65. The van der Waals surface area contributed by atoms with Crippen LogP contribution >= 0.6 is 0 Å². The van der Waals surface area contributed by atoms with Crippen molar-refractivity contribution in [2.24, 2.45) is 0 Å². The van der Waals surface area contributed by atoms with E-state index in [0.29, 0.717) is 23.9 Å². The van der Waals surface area contributed by atoms with Crippen LogP contribution in [0, 0.1) is 0 Å². The second-order valence-electron chi connectivity index (χ2n) is 6.82. The molecule has 0 radical (unpaired) electrons. The molecule has 1 N–H and O–H groups in total. The molecule has 0 saturated carbocycles. The van der Waals surface area contributed by atoms with Gasteiger partial charge in [0.05, 0.1) is 19.3 Å². The van der Waals surface area contributed by atoms with Gasteiger partial charge in [-0.25, -0.2) is 4.98 Å². The van der Waals surface area contributed by atoms with Crippen LogP contribution < -0.4 is 10.1 Å². The third-order valence-corrected chi connectivity index (χ3v) is 5.00. The van der Waals surface area contributed by atoms with E-state index in [4.69, 9.17) is 9.15 Å². The highest BCUT2D eigenvalue weighted by molar-refractivity contribution is 5.93. The molecule has 2 aromatic carbocycles. The lowest BCUT2D eigenvalue weighted by Crippen LogP contribution is -2.38. The van der Waals surface area contributed by atoms with Gasteiger partial charge in [0.25, 0.3) is 0 Å². The van der Waals surface area contributed by atoms with Crippen molar-refractivity contribution in [2.45, 2.75) is 18.8 Å². The van der Waals surface area contributed by atoms with Crippen molar-refractivity contribution in [3.05, 3.63) is 54.4 Å². The number of para-hydroxylation sites is 4. The third kappa shape index (κ3) is 3.95. The highest BCUT2D eigenvalue weighted by atomic mass is 16.5. The second kappa shape index (κ2) is 7.80. The molecule has 6 nitrogen and oxygen atoms in total. The van der Waals surface area contributed by atoms with Gasteiger partial charge >= 0.3 is 0 Å². The van der Waals surface area contributed by atoms with E-state index in [1.807, 2.05) is 48.5 Å². The molecular weight excluding hydrogens is 342 g/mol. The number of anilines is 1. The van der Waals surface area contributed by atoms with Crippen LogP contribution in [0.5, 0.6) is 5.75 Å². The standard InChI is InChI=1S/C21H23N3O3/c1-26-18-8-4-2-6-16(18)22-20(25)14-24-12-10-15(11-13-24)21-23-17-7-3-5-9-19(17)27-21/h2-9,15H,10-14H2,1H3,(H,22,25). The molecule has 1 fully saturated rings. The topological polar surface area (TPSA) is 67.6 Å². The number of carbonyl (C=O) groups excluding carboxylic acids is 1. The SMILES string of the molecule is COc1ccccc1NC(=O)CN1CCC(c2nc3ccccc3o2)CC1. The molecule has 0 spiro atoms. The van der Waals surface area contributed by atoms with Crippen LogP contribution in [0.4, 0.5) is 5.69 Å². The Bertz CT molecular complexity index is 896. The summed E-state index contributed by atoms with van der Waals surface area (Å²) >= 11 is 0. The molecule has 140 valence electrons. The first-order chi connectivity index (χ1) is 13.2. The number of oxazole rings is 1. The smallest absolute Gasteiger partial charge is 0.238 e. The summed E-state index contributed by atoms with van der Waals surface area (Å²) in [4.78, 5) is 19.2. The van der Waals surface area contributed by atoms with Crippen LogP contribution in [0.1, 0.15) is 24.7 Å². The molecular formula is C21H23N3O3. The number of methoxy groups -OCH3 is 1. The summed E-state index contributed by atoms with van der Waals surface area (Å²) in [6.07, 6.45) is 1.88. The van der Waals surface area contributed by atoms with E-state index in [9.17, 15) is 4.79 Å². The molecule has 6 heteroatoms. The van der Waals surface area contributed by atoms with Crippen molar-refractivity contribution >= 4 is 22.7 Å². The van der Waals surface area contributed by atoms with E-state index in [-0.39, 0.29) is 5.91 Å². The molecule has 4 rings (SSSR count). The number of benzene rings is 2. The lowest BCUT2D eigenvalue weighted by molar-refractivity contribution is -0.117. The lowest BCUT2D eigenvalue weighted by Gasteiger charge is -2.29. The fourth-order valence-electron chi connectivity index (χ4n) is 3.54. The molecule has 3 aromatic rings. The fraction of sp³-hybridized carbons (Fsp3) is 0.333. The van der Waals surface area contributed by atoms with Crippen LogP contribution in [0.25, 0.3) is 11.1 Å². The molecule has 0 aliphatic carbocycles. The predicted molar refractivity (Wildman–Crippen MR) is 104 cm³/mol. The first kappa shape index (κ1) is 17.5. The maximum atomic E-state index is 12.4. The zero-order valence-corrected chi connectivity index (χ0v) is 15.4. The number of piperidine rings is 1. The number of amides is 1. The summed E-state index contributed by atoms with van der Waals surface area (Å²) in [6, 6.07) is 15.3. The van der Waals surface area contributed by atoms with Gasteiger partial charge in [-0.15, -0.1) is 0 Å². The van der Waals surface area contributed by atoms with Gasteiger partial charge in [-0.05, 0) is 50.2 Å². The van der Waals surface area contributed by atoms with Crippen LogP contribution in [0.2, 0.25) is 0 Å². The average molecular weight is 365 g/mol. The van der Waals surface area contributed by atoms with Gasteiger partial charge in [-0.3, -0.25) is 9.69 Å². The maximum absolute atomic E-state index is 12.4. The van der Waals surface area contributed by atoms with Gasteiger partial charge in [0, 0.05) is 5.92 Å². The Morgan fingerprint density at radius 2 is 1.93 bits per heavy atom. The number of likely N-dealkylation sites (tertiary alicyclic amines) is 1. The summed E-state index contributed by atoms with van der Waals surface area (Å²) < 4.78 is 11.2. The molecule has 1 amide bonds. The monoisotopic (exact) mass is 365 g/mol. The minimum absolute atomic E-state index is 0.0280. The number of hydrogen-bond acceptors (Lipinski definition) is 5. The van der Waals surface area contributed by atoms with E-state index in [1.165, 1.54) is 0 Å². The summed E-state index contributed by atoms with van der Waals surface area (Å²) in [6.45, 7) is 2.07. The van der Waals surface area contributed by atoms with E-state index < -0.39 is 0 Å². The van der Waals surface area contributed by atoms with Gasteiger partial charge in [-0.2, -0.15) is 0 Å². The lowest BCUT2D eigenvalue weighted by atomic mass is 9.97. The zero-order valence-electron chi connectivity index (χ0n) is 15.4. The van der Waals surface area contributed by atoms with Crippen LogP contribution in [-0.4, -0.2) is 42.5 Å². The van der Waals surface area contributed by atoms with Crippen molar-refractivity contribution in [2.75, 3.05) is 32.1 Å². The quantitative estimate of drug-likeness (QED) is 0.747. The Morgan fingerprint density at radius 3 is 2.70 bits per heavy atom. The molecule has 0 bridgehead atoms. The third-order valence-electron chi connectivity index (χ3n) is 5.00. The Kier molecular flexibility index (Phi) is 5.07. The molecule has 1 aromatic heterocycles. The highest BCUT2D eigenvalue weighted by Gasteiger charge is 2.25. The molecule has 1 saturated heterocycles. The first-order valence-corrected chi connectivity index (χ1v) is 9.23. The second-order valence-corrected chi connectivity index (χ2v) is 6.82. The van der Waals surface area contributed by atoms with Crippen LogP contribution in [-0.2, 0) is 4.79 Å². The number of hydrogen-bond donors (Lipinski definition) is 1. The zero-order chi connectivity index (χ0) is 18.6. The summed E-state index contributed by atoms with van der Waals surface area (Å²) in [5.74, 6) is 1.76. The summed E-state index contributed by atoms with van der Waals surface area (Å²) in [5, 5.41) is 2.93. The number of aromatic nitrogens is 1. The summed E-state index contributed by atoms with van der Waals surface area (Å²) in [5.41, 5.74) is 2.45. The Balaban J connectivity index is 1.32. The van der Waals surface area contributed by atoms with Gasteiger partial charge in [-0.1, -0.05) is 24.3 Å². The van der Waals surface area contributed by atoms with Gasteiger partial charge in [0.15, 0.2) is 11.5 Å². The molecule has 27 heavy (non-hydrogen) atoms. The number of carbonyl (C=O) groups is 1. The maximum Gasteiger partial charge on any atom is 0.238 e. The highest BCUT2D eigenvalue weighted by Crippen LogP contribution is 2.30. The van der Waals surface area contributed by atoms with E-state index in [0.717, 1.165) is 42.9 Å². The Hall–Kier alpha value is -2.86. The Morgan fingerprint density at radius 1 is 1.19 bits per heavy atom. The van der Waals surface area contributed by atoms with Crippen molar-refractivity contribution < 1.29 is 13.9 Å². The minimum Gasteiger partial charge on any atom is -0.495 e. The van der Waals surface area contributed by atoms with Gasteiger partial charge in [0.1, 0.15) is 11.3 Å². The van der Waals surface area contributed by atoms with Crippen molar-refractivity contribution in [1.29, 1.82) is 0 Å². The molecule has 1 aliphatic heterocycles. The van der Waals surface area contributed by atoms with Gasteiger partial charge in [0.2, 0.25) is 5.91 Å². The first-order valence-electron chi connectivity index (χ1n) is 9.23. The number of nitrogens with one attached hydrogen (secondary N) is 1. The fourth-order valence-corrected chi connectivity index (χ4v) is 3.54. The van der Waals surface area contributed by atoms with E-state index in [2.05, 4.69) is 15.2 Å². The minimum atomic E-state index is -0.0280. The molecule has 2 heterocycles. The molecule has 1 aliphatic rings. The number of ether oxygens (including phenoxy) is 1. The average Bonchev–Trinajstić information content (AvgIpc) is 3.13. The number of nitrogens with zero attached hydrogens (tertiary/aromatic N) is 2. The van der Waals surface area contributed by atoms with Gasteiger partial charge < -0.3 is 14.5 Å². The van der Waals surface area contributed by atoms with Crippen LogP contribution in [0.3, 0.4) is 0 Å². The van der Waals surface area contributed by atoms with Crippen LogP contribution in [0.15, 0.2) is 52.9 Å². The number of rotatable bonds is 5. The van der Waals surface area contributed by atoms with E-state index >= 15 is 0 Å². The number of fused-ring (bicyclic) bond motifs is 1. The van der Waals surface area contributed by atoms with Crippen molar-refractivity contribution in [3.63, 3.8) is 0 Å². The molecule has 0 atom stereocenters. The largest absolute Gasteiger partial charge is 0.495 e. The normalized spacial score (nSPS) is 15.7. The summed E-state index contributed by atoms with van der Waals surface area (Å²) in [7, 11) is 1.60. The van der Waals surface area contributed by atoms with Crippen molar-refractivity contribution in [3.8, 4) is 5.75 Å². The van der Waals surface area contributed by atoms with E-state index in [1.54, 1.807) is 7.11 Å². The Labute approximate surface area is 158 Å². The van der Waals surface area contributed by atoms with Crippen molar-refractivity contribution in [1.82, 2.24) is 9.88 Å². The molecule has 0 unspecified atom stereocenters.